The Morgan fingerprint density at radius 2 is 0.682 bits per heavy atom. The summed E-state index contributed by atoms with van der Waals surface area (Å²) in [6.45, 7) is 9.06. The summed E-state index contributed by atoms with van der Waals surface area (Å²) in [6.07, 6.45) is 0. The molecule has 6 heterocycles. The molecule has 19 aromatic rings. The van der Waals surface area contributed by atoms with Gasteiger partial charge in [0.2, 0.25) is 5.69 Å². The normalized spacial score (nSPS) is 12.1. The smallest absolute Gasteiger partial charge is 0.214 e. The van der Waals surface area contributed by atoms with E-state index in [2.05, 4.69) is 248 Å². The lowest BCUT2D eigenvalue weighted by atomic mass is 10.00. The molecule has 8 nitrogen and oxygen atoms in total. The van der Waals surface area contributed by atoms with Crippen molar-refractivity contribution in [1.29, 1.82) is 5.26 Å². The molecule has 0 N–H and O–H groups in total. The van der Waals surface area contributed by atoms with Gasteiger partial charge in [-0.3, -0.25) is 0 Å². The Morgan fingerprint density at radius 3 is 1.16 bits per heavy atom. The molecule has 8 heteroatoms. The monoisotopic (exact) mass is 1120 g/mol. The topological polar surface area (TPSA) is 74.2 Å². The lowest BCUT2D eigenvalue weighted by Crippen LogP contribution is -2.01. The summed E-state index contributed by atoms with van der Waals surface area (Å²) in [4.78, 5) is 4.34. The molecule has 88 heavy (non-hydrogen) atoms. The zero-order chi connectivity index (χ0) is 57.9. The van der Waals surface area contributed by atoms with Crippen molar-refractivity contribution in [3.05, 3.63) is 284 Å². The van der Waals surface area contributed by atoms with Crippen LogP contribution in [0.15, 0.2) is 276 Å². The van der Waals surface area contributed by atoms with Crippen molar-refractivity contribution >= 4 is 137 Å². The van der Waals surface area contributed by atoms with Crippen LogP contribution in [0.5, 0.6) is 0 Å². The lowest BCUT2D eigenvalue weighted by Gasteiger charge is -2.16. The third kappa shape index (κ3) is 6.65. The van der Waals surface area contributed by atoms with Crippen molar-refractivity contribution < 1.29 is 8.83 Å². The zero-order valence-electron chi connectivity index (χ0n) is 46.9. The number of fused-ring (bicyclic) bond motifs is 20. The Hall–Kier alpha value is -12.4. The minimum atomic E-state index is 0.335. The maximum atomic E-state index is 11.6. The minimum Gasteiger partial charge on any atom is -0.455 e. The molecule has 13 aromatic carbocycles. The van der Waals surface area contributed by atoms with E-state index in [4.69, 9.17) is 15.4 Å². The fourth-order valence-electron chi connectivity index (χ4n) is 14.6. The number of rotatable bonds is 6. The summed E-state index contributed by atoms with van der Waals surface area (Å²) in [5, 5.41) is 24.2. The molecule has 406 valence electrons. The summed E-state index contributed by atoms with van der Waals surface area (Å²) < 4.78 is 22.7. The molecule has 0 spiro atoms. The van der Waals surface area contributed by atoms with Gasteiger partial charge in [0.15, 0.2) is 0 Å². The summed E-state index contributed by atoms with van der Waals surface area (Å²) in [5.74, 6) is 0. The Bertz CT molecular complexity index is 6290. The second kappa shape index (κ2) is 18.1. The van der Waals surface area contributed by atoms with Crippen molar-refractivity contribution in [3.63, 3.8) is 0 Å². The fraction of sp³-hybridized carbons (Fsp3) is 0. The van der Waals surface area contributed by atoms with Gasteiger partial charge in [0.05, 0.1) is 72.7 Å². The van der Waals surface area contributed by atoms with Crippen LogP contribution in [0.3, 0.4) is 0 Å². The van der Waals surface area contributed by atoms with Crippen LogP contribution >= 0.6 is 0 Å². The first-order chi connectivity index (χ1) is 43.6. The van der Waals surface area contributed by atoms with E-state index in [-0.39, 0.29) is 0 Å². The molecule has 0 bridgehead atoms. The van der Waals surface area contributed by atoms with Gasteiger partial charge in [-0.25, -0.2) is 4.85 Å². The lowest BCUT2D eigenvalue weighted by molar-refractivity contribution is 0.672. The molecule has 0 atom stereocenters. The number of benzene rings is 13. The molecule has 0 saturated carbocycles. The highest BCUT2D eigenvalue weighted by Gasteiger charge is 2.27. The van der Waals surface area contributed by atoms with E-state index in [1.165, 1.54) is 16.2 Å². The van der Waals surface area contributed by atoms with Gasteiger partial charge in [-0.1, -0.05) is 133 Å². The third-order valence-corrected chi connectivity index (χ3v) is 18.4. The van der Waals surface area contributed by atoms with Crippen LogP contribution in [0.25, 0.3) is 181 Å². The van der Waals surface area contributed by atoms with Gasteiger partial charge < -0.3 is 27.1 Å². The van der Waals surface area contributed by atoms with Crippen LogP contribution in [0.1, 0.15) is 5.56 Å². The molecule has 0 aliphatic rings. The van der Waals surface area contributed by atoms with Crippen LogP contribution in [-0.4, -0.2) is 18.3 Å². The number of hydrogen-bond donors (Lipinski definition) is 0. The number of furan rings is 2. The van der Waals surface area contributed by atoms with E-state index >= 15 is 0 Å². The highest BCUT2D eigenvalue weighted by Crippen LogP contribution is 2.48. The maximum Gasteiger partial charge on any atom is 0.214 e. The van der Waals surface area contributed by atoms with Crippen LogP contribution < -0.4 is 0 Å². The summed E-state index contributed by atoms with van der Waals surface area (Å²) >= 11 is 0. The number of aromatic nitrogens is 4. The standard InChI is InChI=1S/C80H44N6O2/c1-82-65-45-54(85-70-36-30-49(43-63(70)76-72(85)38-32-59-57-22-10-14-26-74(57)87-79(59)76)47-28-34-68-61(41-47)55-20-8-12-24-66(55)83(68)52-16-4-2-5-17-52)40-51(46-81)78(65)86-71-37-31-50(44-64(71)77-73(86)39-33-60-58-23-11-15-27-75(58)88-80(60)77)48-29-35-69-62(42-48)56-21-9-13-25-67(56)84(69)53-18-6-3-7-19-53/h2-45H. The van der Waals surface area contributed by atoms with Gasteiger partial charge >= 0.3 is 0 Å². The summed E-state index contributed by atoms with van der Waals surface area (Å²) in [7, 11) is 0. The van der Waals surface area contributed by atoms with Gasteiger partial charge in [0.25, 0.3) is 0 Å². The van der Waals surface area contributed by atoms with Crippen molar-refractivity contribution in [2.24, 2.45) is 0 Å². The van der Waals surface area contributed by atoms with Crippen molar-refractivity contribution in [3.8, 4) is 51.1 Å². The predicted octanol–water partition coefficient (Wildman–Crippen LogP) is 21.6. The van der Waals surface area contributed by atoms with Gasteiger partial charge in [-0.2, -0.15) is 5.26 Å². The van der Waals surface area contributed by atoms with Gasteiger partial charge in [-0.15, -0.1) is 0 Å². The van der Waals surface area contributed by atoms with Crippen LogP contribution in [0.4, 0.5) is 5.69 Å². The largest absolute Gasteiger partial charge is 0.455 e. The van der Waals surface area contributed by atoms with E-state index in [1.54, 1.807) is 0 Å². The van der Waals surface area contributed by atoms with Gasteiger partial charge in [0.1, 0.15) is 28.4 Å². The predicted molar refractivity (Wildman–Crippen MR) is 360 cm³/mol. The van der Waals surface area contributed by atoms with Crippen LogP contribution in [0.2, 0.25) is 0 Å². The van der Waals surface area contributed by atoms with E-state index in [0.29, 0.717) is 22.6 Å². The Labute approximate surface area is 501 Å². The van der Waals surface area contributed by atoms with E-state index in [9.17, 15) is 5.26 Å². The second-order valence-electron chi connectivity index (χ2n) is 22.9. The van der Waals surface area contributed by atoms with E-state index in [0.717, 1.165) is 149 Å². The summed E-state index contributed by atoms with van der Waals surface area (Å²) in [6, 6.07) is 96.4. The Balaban J connectivity index is 0.821. The van der Waals surface area contributed by atoms with E-state index in [1.807, 2.05) is 48.5 Å². The van der Waals surface area contributed by atoms with Crippen molar-refractivity contribution in [1.82, 2.24) is 18.3 Å². The Morgan fingerprint density at radius 1 is 0.307 bits per heavy atom. The summed E-state index contributed by atoms with van der Waals surface area (Å²) in [5.41, 5.74) is 19.5. The average molecular weight is 1120 g/mol. The van der Waals surface area contributed by atoms with Crippen molar-refractivity contribution in [2.75, 3.05) is 0 Å². The molecule has 19 rings (SSSR count). The van der Waals surface area contributed by atoms with Crippen LogP contribution in [-0.2, 0) is 0 Å². The number of nitrogens with zero attached hydrogens (tertiary/aromatic N) is 6. The quantitative estimate of drug-likeness (QED) is 0.156. The third-order valence-electron chi connectivity index (χ3n) is 18.4. The Kier molecular flexibility index (Phi) is 9.87. The van der Waals surface area contributed by atoms with Gasteiger partial charge in [0, 0.05) is 70.9 Å². The molecule has 0 unspecified atom stereocenters. The molecule has 0 radical (unpaired) electrons. The minimum absolute atomic E-state index is 0.335. The molecule has 0 aliphatic carbocycles. The highest BCUT2D eigenvalue weighted by atomic mass is 16.3. The highest BCUT2D eigenvalue weighted by molar-refractivity contribution is 6.26. The first-order valence-electron chi connectivity index (χ1n) is 29.5. The molecule has 0 aliphatic heterocycles. The first-order valence-corrected chi connectivity index (χ1v) is 29.5. The molecule has 0 fully saturated rings. The van der Waals surface area contributed by atoms with E-state index < -0.39 is 0 Å². The molecule has 6 aromatic heterocycles. The fourth-order valence-corrected chi connectivity index (χ4v) is 14.6. The first kappa shape index (κ1) is 48.1. The number of hydrogen-bond acceptors (Lipinski definition) is 3. The van der Waals surface area contributed by atoms with Crippen molar-refractivity contribution in [2.45, 2.75) is 0 Å². The zero-order valence-corrected chi connectivity index (χ0v) is 46.9. The van der Waals surface area contributed by atoms with Gasteiger partial charge in [-0.05, 0) is 156 Å². The molecular formula is C80H44N6O2. The maximum absolute atomic E-state index is 11.6. The molecule has 0 saturated heterocycles. The second-order valence-corrected chi connectivity index (χ2v) is 22.9. The van der Waals surface area contributed by atoms with Crippen LogP contribution in [0, 0.1) is 17.9 Å². The average Bonchev–Trinajstić information content (AvgIpc) is 1.90. The number of nitriles is 1. The molecular weight excluding hydrogens is 1080 g/mol. The SMILES string of the molecule is [C-]#[N+]c1cc(-n2c3ccc(-c4ccc5c(c4)c4ccccc4n5-c4ccccc4)cc3c3c4oc5ccccc5c4ccc32)cc(C#N)c1-n1c2ccc(-c3ccc4c(c3)c3ccccc3n4-c3ccccc3)cc2c2c3oc4ccccc4c3ccc21. The molecule has 0 amide bonds. The number of para-hydroxylation sites is 6.